The van der Waals surface area contributed by atoms with Crippen molar-refractivity contribution in [3.8, 4) is 29.6 Å². The van der Waals surface area contributed by atoms with Gasteiger partial charge in [-0.15, -0.1) is 6.42 Å². The van der Waals surface area contributed by atoms with Gasteiger partial charge in [0.1, 0.15) is 12.4 Å². The second-order valence-electron chi connectivity index (χ2n) is 6.92. The lowest BCUT2D eigenvalue weighted by Gasteiger charge is -2.14. The molecule has 1 amide bonds. The van der Waals surface area contributed by atoms with Crippen LogP contribution in [0.15, 0.2) is 50.8 Å². The van der Waals surface area contributed by atoms with E-state index >= 15 is 0 Å². The van der Waals surface area contributed by atoms with Crippen molar-refractivity contribution in [2.75, 3.05) is 26.9 Å². The normalized spacial score (nSPS) is 15.7. The van der Waals surface area contributed by atoms with Crippen molar-refractivity contribution in [3.05, 3.63) is 51.3 Å². The molecule has 0 aromatic heterocycles. The Kier molecular flexibility index (Phi) is 8.87. The fraction of sp³-hybridized carbons (Fsp3) is 0.280. The van der Waals surface area contributed by atoms with Crippen molar-refractivity contribution in [1.29, 1.82) is 0 Å². The summed E-state index contributed by atoms with van der Waals surface area (Å²) in [5, 5.41) is 0.649. The number of hydrogen-bond donors (Lipinski definition) is 0. The Morgan fingerprint density at radius 1 is 1.21 bits per heavy atom. The number of carbonyl (C=O) groups excluding carboxylic acids is 1. The van der Waals surface area contributed by atoms with Gasteiger partial charge < -0.3 is 14.2 Å². The molecule has 172 valence electrons. The summed E-state index contributed by atoms with van der Waals surface area (Å²) in [4.78, 5) is 20.2. The zero-order valence-corrected chi connectivity index (χ0v) is 21.2. The Hall–Kier alpha value is -2.89. The zero-order chi connectivity index (χ0) is 23.8. The van der Waals surface area contributed by atoms with Crippen LogP contribution in [-0.4, -0.2) is 42.8 Å². The van der Waals surface area contributed by atoms with E-state index < -0.39 is 0 Å². The minimum Gasteiger partial charge on any atom is -0.497 e. The van der Waals surface area contributed by atoms with Crippen LogP contribution in [0.3, 0.4) is 0 Å². The summed E-state index contributed by atoms with van der Waals surface area (Å²) in [6, 6.07) is 11.1. The van der Waals surface area contributed by atoms with Crippen LogP contribution in [0.4, 0.5) is 5.69 Å². The molecule has 1 fully saturated rings. The van der Waals surface area contributed by atoms with E-state index in [1.54, 1.807) is 12.0 Å². The van der Waals surface area contributed by atoms with E-state index in [-0.39, 0.29) is 12.5 Å². The van der Waals surface area contributed by atoms with E-state index in [0.717, 1.165) is 23.4 Å². The molecular weight excluding hydrogens is 504 g/mol. The monoisotopic (exact) mass is 528 g/mol. The lowest BCUT2D eigenvalue weighted by atomic mass is 10.2. The topological polar surface area (TPSA) is 60.4 Å². The SMILES string of the molecule is C#CCOc1c(Br)cc(/C=C2/SC(=Nc3ccc(OC)cc3)N(CCC)C2=O)cc1OCC. The quantitative estimate of drug-likeness (QED) is 0.300. The molecule has 1 aliphatic rings. The van der Waals surface area contributed by atoms with Gasteiger partial charge in [-0.1, -0.05) is 12.8 Å². The number of aliphatic imine (C=N–C) groups is 1. The van der Waals surface area contributed by atoms with Gasteiger partial charge in [-0.3, -0.25) is 9.69 Å². The molecule has 0 saturated carbocycles. The van der Waals surface area contributed by atoms with Crippen LogP contribution in [0.1, 0.15) is 25.8 Å². The van der Waals surface area contributed by atoms with E-state index in [9.17, 15) is 4.79 Å². The van der Waals surface area contributed by atoms with Crippen molar-refractivity contribution in [2.24, 2.45) is 4.99 Å². The number of thioether (sulfide) groups is 1. The van der Waals surface area contributed by atoms with Crippen molar-refractivity contribution in [2.45, 2.75) is 20.3 Å². The molecular formula is C25H25BrN2O4S. The second kappa shape index (κ2) is 11.8. The van der Waals surface area contributed by atoms with Gasteiger partial charge in [-0.05, 0) is 89.1 Å². The van der Waals surface area contributed by atoms with Crippen LogP contribution in [-0.2, 0) is 4.79 Å². The van der Waals surface area contributed by atoms with Crippen LogP contribution in [0.25, 0.3) is 6.08 Å². The number of nitrogens with zero attached hydrogens (tertiary/aromatic N) is 2. The van der Waals surface area contributed by atoms with Crippen LogP contribution >= 0.6 is 27.7 Å². The van der Waals surface area contributed by atoms with Crippen molar-refractivity contribution >= 4 is 50.5 Å². The molecule has 0 radical (unpaired) electrons. The molecule has 0 atom stereocenters. The minimum absolute atomic E-state index is 0.0733. The number of amides is 1. The summed E-state index contributed by atoms with van der Waals surface area (Å²) in [7, 11) is 1.62. The summed E-state index contributed by atoms with van der Waals surface area (Å²) >= 11 is 4.88. The van der Waals surface area contributed by atoms with Gasteiger partial charge in [-0.25, -0.2) is 4.99 Å². The van der Waals surface area contributed by atoms with Crippen LogP contribution in [0.5, 0.6) is 17.2 Å². The molecule has 0 aliphatic carbocycles. The third-order valence-corrected chi connectivity index (χ3v) is 6.16. The van der Waals surface area contributed by atoms with E-state index in [4.69, 9.17) is 25.6 Å². The predicted molar refractivity (Wildman–Crippen MR) is 137 cm³/mol. The van der Waals surface area contributed by atoms with E-state index in [0.29, 0.717) is 39.2 Å². The molecule has 0 spiro atoms. The number of ether oxygens (including phenoxy) is 3. The number of methoxy groups -OCH3 is 1. The number of rotatable bonds is 9. The molecule has 0 bridgehead atoms. The van der Waals surface area contributed by atoms with Crippen molar-refractivity contribution in [1.82, 2.24) is 4.90 Å². The first-order valence-corrected chi connectivity index (χ1v) is 12.1. The number of halogens is 1. The summed E-state index contributed by atoms with van der Waals surface area (Å²) in [6.07, 6.45) is 7.98. The molecule has 1 saturated heterocycles. The molecule has 1 aliphatic heterocycles. The smallest absolute Gasteiger partial charge is 0.266 e. The zero-order valence-electron chi connectivity index (χ0n) is 18.8. The van der Waals surface area contributed by atoms with Gasteiger partial charge in [-0.2, -0.15) is 0 Å². The number of terminal acetylenes is 1. The highest BCUT2D eigenvalue weighted by Crippen LogP contribution is 2.39. The number of amidine groups is 1. The summed E-state index contributed by atoms with van der Waals surface area (Å²) in [5.41, 5.74) is 1.56. The van der Waals surface area contributed by atoms with Gasteiger partial charge in [0, 0.05) is 6.54 Å². The standard InChI is InChI=1S/C25H25BrN2O4S/c1-5-12-28-24(29)22(33-25(28)27-18-8-10-19(30-4)11-9-18)16-17-14-20(26)23(32-13-6-2)21(15-17)31-7-3/h2,8-11,14-16H,5,7,12-13H2,1,3-4H3/b22-16+,27-25?. The second-order valence-corrected chi connectivity index (χ2v) is 8.78. The molecule has 2 aromatic carbocycles. The van der Waals surface area contributed by atoms with Crippen LogP contribution < -0.4 is 14.2 Å². The van der Waals surface area contributed by atoms with Crippen LogP contribution in [0.2, 0.25) is 0 Å². The maximum Gasteiger partial charge on any atom is 0.266 e. The van der Waals surface area contributed by atoms with E-state index in [1.807, 2.05) is 56.3 Å². The highest BCUT2D eigenvalue weighted by Gasteiger charge is 2.33. The summed E-state index contributed by atoms with van der Waals surface area (Å²) < 4.78 is 17.3. The summed E-state index contributed by atoms with van der Waals surface area (Å²) in [6.45, 7) is 5.11. The van der Waals surface area contributed by atoms with Gasteiger partial charge in [0.2, 0.25) is 0 Å². The Balaban J connectivity index is 1.95. The molecule has 0 unspecified atom stereocenters. The first-order chi connectivity index (χ1) is 16.0. The largest absolute Gasteiger partial charge is 0.497 e. The van der Waals surface area contributed by atoms with E-state index in [1.165, 1.54) is 11.8 Å². The maximum atomic E-state index is 13.2. The Labute approximate surface area is 207 Å². The highest BCUT2D eigenvalue weighted by molar-refractivity contribution is 9.10. The molecule has 8 heteroatoms. The molecule has 6 nitrogen and oxygen atoms in total. The Morgan fingerprint density at radius 2 is 1.97 bits per heavy atom. The Bertz CT molecular complexity index is 1110. The lowest BCUT2D eigenvalue weighted by molar-refractivity contribution is -0.122. The minimum atomic E-state index is -0.0733. The van der Waals surface area contributed by atoms with Gasteiger partial charge in [0.25, 0.3) is 5.91 Å². The average molecular weight is 529 g/mol. The first-order valence-electron chi connectivity index (χ1n) is 10.5. The predicted octanol–water partition coefficient (Wildman–Crippen LogP) is 5.88. The highest BCUT2D eigenvalue weighted by atomic mass is 79.9. The average Bonchev–Trinajstić information content (AvgIpc) is 3.08. The van der Waals surface area contributed by atoms with Crippen molar-refractivity contribution < 1.29 is 19.0 Å². The van der Waals surface area contributed by atoms with Gasteiger partial charge in [0.05, 0.1) is 28.8 Å². The number of hydrogen-bond acceptors (Lipinski definition) is 6. The van der Waals surface area contributed by atoms with Crippen LogP contribution in [0, 0.1) is 12.3 Å². The number of benzene rings is 2. The van der Waals surface area contributed by atoms with Gasteiger partial charge in [0.15, 0.2) is 16.7 Å². The Morgan fingerprint density at radius 3 is 2.61 bits per heavy atom. The number of carbonyl (C=O) groups is 1. The van der Waals surface area contributed by atoms with Gasteiger partial charge >= 0.3 is 0 Å². The first kappa shape index (κ1) is 24.7. The molecule has 1 heterocycles. The molecule has 3 rings (SSSR count). The maximum absolute atomic E-state index is 13.2. The lowest BCUT2D eigenvalue weighted by Crippen LogP contribution is -2.29. The molecule has 33 heavy (non-hydrogen) atoms. The van der Waals surface area contributed by atoms with Crippen molar-refractivity contribution in [3.63, 3.8) is 0 Å². The fourth-order valence-electron chi connectivity index (χ4n) is 3.12. The molecule has 2 aromatic rings. The summed E-state index contributed by atoms with van der Waals surface area (Å²) in [5.74, 6) is 4.23. The fourth-order valence-corrected chi connectivity index (χ4v) is 4.72. The third-order valence-electron chi connectivity index (χ3n) is 4.56. The van der Waals surface area contributed by atoms with E-state index in [2.05, 4.69) is 21.9 Å². The molecule has 0 N–H and O–H groups in total. The third kappa shape index (κ3) is 6.12.